The largest absolute Gasteiger partial charge is 0.375 e. The lowest BCUT2D eigenvalue weighted by Crippen LogP contribution is -2.58. The van der Waals surface area contributed by atoms with Crippen molar-refractivity contribution in [1.82, 2.24) is 32.3 Å². The number of hydrogen-bond acceptors (Lipinski definition) is 6. The maximum absolute atomic E-state index is 5.95. The Morgan fingerprint density at radius 3 is 1.27 bits per heavy atom. The highest BCUT2D eigenvalue weighted by Gasteiger charge is 2.48. The molecule has 2 aromatic carbocycles. The molecule has 4 atom stereocenters. The Kier molecular flexibility index (Phi) is 18.0. The molecule has 0 bridgehead atoms. The number of unbranched alkanes of at least 4 members (excludes halogenated alkanes) is 4. The highest BCUT2D eigenvalue weighted by atomic mass is 32.1. The van der Waals surface area contributed by atoms with Crippen molar-refractivity contribution < 1.29 is 0 Å². The van der Waals surface area contributed by atoms with Crippen molar-refractivity contribution in [2.24, 2.45) is 0 Å². The van der Waals surface area contributed by atoms with E-state index in [0.717, 1.165) is 61.6 Å². The molecule has 4 unspecified atom stereocenters. The second-order valence-electron chi connectivity index (χ2n) is 13.8. The van der Waals surface area contributed by atoms with Gasteiger partial charge in [-0.3, -0.25) is 10.9 Å². The standard InChI is InChI=1S/2C20H33N3S/c2*1-4-7-11-14-20(19(24)22-17(5-2)6-3)18(15-21-23-20)16-12-9-8-10-13-16/h2*8-10,12-13,17-18,21,23H,4-7,11,14-15H2,1-3H3,(H,22,24). The summed E-state index contributed by atoms with van der Waals surface area (Å²) in [4.78, 5) is 1.96. The SMILES string of the molecule is CCCCCC1(C(=S)NC(CC)CC)NNCC1c1ccccc1.CCCCCC1(C(=S)NC(CC)CC)NNCC1c1ccccc1. The number of nitrogens with one attached hydrogen (secondary N) is 6. The molecule has 2 aliphatic heterocycles. The van der Waals surface area contributed by atoms with Gasteiger partial charge >= 0.3 is 0 Å². The van der Waals surface area contributed by atoms with Crippen LogP contribution in [0, 0.1) is 0 Å². The van der Waals surface area contributed by atoms with Gasteiger partial charge in [-0.15, -0.1) is 0 Å². The third kappa shape index (κ3) is 10.5. The molecular formula is C40H66N6S2. The van der Waals surface area contributed by atoms with E-state index in [1.54, 1.807) is 0 Å². The van der Waals surface area contributed by atoms with E-state index in [4.69, 9.17) is 24.4 Å². The average molecular weight is 695 g/mol. The summed E-state index contributed by atoms with van der Waals surface area (Å²) in [7, 11) is 0. The van der Waals surface area contributed by atoms with Crippen LogP contribution in [0.2, 0.25) is 0 Å². The fraction of sp³-hybridized carbons (Fsp3) is 0.650. The van der Waals surface area contributed by atoms with Gasteiger partial charge in [0.25, 0.3) is 0 Å². The predicted octanol–water partition coefficient (Wildman–Crippen LogP) is 8.61. The molecule has 0 saturated carbocycles. The highest BCUT2D eigenvalue weighted by molar-refractivity contribution is 7.80. The van der Waals surface area contributed by atoms with Crippen LogP contribution in [0.1, 0.15) is 142 Å². The molecule has 6 nitrogen and oxygen atoms in total. The first-order chi connectivity index (χ1) is 23.3. The first-order valence-electron chi connectivity index (χ1n) is 19.1. The lowest BCUT2D eigenvalue weighted by atomic mass is 9.77. The van der Waals surface area contributed by atoms with Gasteiger partial charge in [-0.1, -0.05) is 165 Å². The van der Waals surface area contributed by atoms with Gasteiger partial charge in [0.1, 0.15) is 0 Å². The van der Waals surface area contributed by atoms with Crippen LogP contribution < -0.4 is 32.3 Å². The van der Waals surface area contributed by atoms with Crippen LogP contribution in [0.4, 0.5) is 0 Å². The second kappa shape index (κ2) is 21.3. The van der Waals surface area contributed by atoms with E-state index in [1.165, 1.54) is 49.7 Å². The van der Waals surface area contributed by atoms with Crippen molar-refractivity contribution in [3.8, 4) is 0 Å². The number of hydrogen-bond donors (Lipinski definition) is 6. The van der Waals surface area contributed by atoms with E-state index >= 15 is 0 Å². The molecule has 48 heavy (non-hydrogen) atoms. The van der Waals surface area contributed by atoms with Crippen LogP contribution in [0.15, 0.2) is 60.7 Å². The molecule has 2 heterocycles. The van der Waals surface area contributed by atoms with Gasteiger partial charge in [0.05, 0.1) is 21.1 Å². The summed E-state index contributed by atoms with van der Waals surface area (Å²) in [5.74, 6) is 0.731. The molecule has 0 aliphatic carbocycles. The minimum Gasteiger partial charge on any atom is -0.375 e. The Morgan fingerprint density at radius 1 is 0.604 bits per heavy atom. The van der Waals surface area contributed by atoms with E-state index in [0.29, 0.717) is 23.9 Å². The summed E-state index contributed by atoms with van der Waals surface area (Å²) in [5.41, 5.74) is 16.3. The second-order valence-corrected chi connectivity index (χ2v) is 14.6. The third-order valence-electron chi connectivity index (χ3n) is 10.6. The first kappa shape index (κ1) is 40.5. The zero-order valence-corrected chi connectivity index (χ0v) is 32.4. The Morgan fingerprint density at radius 2 is 0.958 bits per heavy atom. The van der Waals surface area contributed by atoms with Gasteiger partial charge in [0, 0.05) is 37.0 Å². The monoisotopic (exact) mass is 694 g/mol. The summed E-state index contributed by atoms with van der Waals surface area (Å²) in [6.45, 7) is 15.2. The summed E-state index contributed by atoms with van der Waals surface area (Å²) in [6, 6.07) is 22.5. The normalized spacial score (nSPS) is 23.6. The van der Waals surface area contributed by atoms with E-state index in [2.05, 4.69) is 135 Å². The molecule has 0 aromatic heterocycles. The van der Waals surface area contributed by atoms with Crippen LogP contribution in [-0.2, 0) is 0 Å². The predicted molar refractivity (Wildman–Crippen MR) is 215 cm³/mol. The van der Waals surface area contributed by atoms with E-state index in [1.807, 2.05) is 0 Å². The van der Waals surface area contributed by atoms with E-state index in [-0.39, 0.29) is 11.1 Å². The smallest absolute Gasteiger partial charge is 0.0979 e. The van der Waals surface area contributed by atoms with Crippen LogP contribution in [0.25, 0.3) is 0 Å². The van der Waals surface area contributed by atoms with Crippen LogP contribution in [-0.4, -0.2) is 46.2 Å². The number of rotatable bonds is 18. The molecule has 2 fully saturated rings. The Hall–Kier alpha value is -1.94. The molecule has 2 aliphatic rings. The Bertz CT molecular complexity index is 1100. The zero-order chi connectivity index (χ0) is 34.8. The zero-order valence-electron chi connectivity index (χ0n) is 30.8. The maximum Gasteiger partial charge on any atom is 0.0979 e. The van der Waals surface area contributed by atoms with Crippen LogP contribution >= 0.6 is 24.4 Å². The Labute approximate surface area is 304 Å². The van der Waals surface area contributed by atoms with Gasteiger partial charge in [-0.05, 0) is 49.7 Å². The van der Waals surface area contributed by atoms with Gasteiger partial charge in [0.2, 0.25) is 0 Å². The molecule has 0 amide bonds. The lowest BCUT2D eigenvalue weighted by Gasteiger charge is -2.37. The molecule has 4 rings (SSSR count). The molecule has 268 valence electrons. The fourth-order valence-electron chi connectivity index (χ4n) is 7.37. The average Bonchev–Trinajstić information content (AvgIpc) is 3.77. The minimum absolute atomic E-state index is 0.186. The van der Waals surface area contributed by atoms with Gasteiger partial charge in [0.15, 0.2) is 0 Å². The summed E-state index contributed by atoms with van der Waals surface area (Å²) < 4.78 is 0. The molecule has 6 N–H and O–H groups in total. The van der Waals surface area contributed by atoms with Crippen molar-refractivity contribution in [3.05, 3.63) is 71.8 Å². The molecule has 8 heteroatoms. The summed E-state index contributed by atoms with van der Waals surface area (Å²) in [6.07, 6.45) is 13.9. The van der Waals surface area contributed by atoms with Crippen LogP contribution in [0.5, 0.6) is 0 Å². The molecule has 0 radical (unpaired) electrons. The van der Waals surface area contributed by atoms with Crippen molar-refractivity contribution in [3.63, 3.8) is 0 Å². The summed E-state index contributed by atoms with van der Waals surface area (Å²) >= 11 is 11.9. The number of thiocarbonyl (C=S) groups is 2. The minimum atomic E-state index is -0.186. The number of hydrazine groups is 2. The van der Waals surface area contributed by atoms with Gasteiger partial charge < -0.3 is 10.6 Å². The highest BCUT2D eigenvalue weighted by Crippen LogP contribution is 2.38. The summed E-state index contributed by atoms with van der Waals surface area (Å²) in [5, 5.41) is 7.31. The first-order valence-corrected chi connectivity index (χ1v) is 19.9. The lowest BCUT2D eigenvalue weighted by molar-refractivity contribution is 0.381. The van der Waals surface area contributed by atoms with Crippen molar-refractivity contribution in [2.75, 3.05) is 13.1 Å². The fourth-order valence-corrected chi connectivity index (χ4v) is 8.30. The van der Waals surface area contributed by atoms with Gasteiger partial charge in [-0.25, -0.2) is 10.9 Å². The molecule has 0 spiro atoms. The molecule has 2 saturated heterocycles. The van der Waals surface area contributed by atoms with Crippen molar-refractivity contribution >= 4 is 34.4 Å². The van der Waals surface area contributed by atoms with Crippen LogP contribution in [0.3, 0.4) is 0 Å². The maximum atomic E-state index is 5.95. The van der Waals surface area contributed by atoms with Crippen molar-refractivity contribution in [2.45, 2.75) is 154 Å². The topological polar surface area (TPSA) is 72.2 Å². The Balaban J connectivity index is 0.000000260. The molecular weight excluding hydrogens is 629 g/mol. The van der Waals surface area contributed by atoms with Gasteiger partial charge in [-0.2, -0.15) is 0 Å². The molecule has 2 aromatic rings. The van der Waals surface area contributed by atoms with Crippen molar-refractivity contribution in [1.29, 1.82) is 0 Å². The van der Waals surface area contributed by atoms with E-state index < -0.39 is 0 Å². The number of benzene rings is 2. The third-order valence-corrected chi connectivity index (χ3v) is 11.6. The quantitative estimate of drug-likeness (QED) is 0.0685. The van der Waals surface area contributed by atoms with E-state index in [9.17, 15) is 0 Å².